The van der Waals surface area contributed by atoms with Gasteiger partial charge in [0.2, 0.25) is 0 Å². The minimum Gasteiger partial charge on any atom is -0.364 e. The number of benzene rings is 1. The van der Waals surface area contributed by atoms with Crippen molar-refractivity contribution in [2.45, 2.75) is 18.8 Å². The predicted molar refractivity (Wildman–Crippen MR) is 57.4 cm³/mol. The number of nitrogens with one attached hydrogen (secondary N) is 1. The summed E-state index contributed by atoms with van der Waals surface area (Å²) in [6.45, 7) is 0. The van der Waals surface area contributed by atoms with Crippen LogP contribution in [-0.2, 0) is 6.42 Å². The number of rotatable bonds is 1. The van der Waals surface area contributed by atoms with Crippen LogP contribution in [0.2, 0.25) is 0 Å². The van der Waals surface area contributed by atoms with Crippen molar-refractivity contribution in [2.24, 2.45) is 0 Å². The molecule has 0 saturated carbocycles. The first-order valence-electron chi connectivity index (χ1n) is 5.16. The van der Waals surface area contributed by atoms with E-state index < -0.39 is 0 Å². The lowest BCUT2D eigenvalue weighted by Crippen LogP contribution is -1.95. The fraction of sp³-hybridized carbons (Fsp3) is 0.231. The molecule has 1 unspecified atom stereocenters. The highest BCUT2D eigenvalue weighted by atomic mass is 14.7. The quantitative estimate of drug-likeness (QED) is 0.699. The fourth-order valence-corrected chi connectivity index (χ4v) is 2.44. The summed E-state index contributed by atoms with van der Waals surface area (Å²) in [5.74, 6) is 0.598. The first-order valence-corrected chi connectivity index (χ1v) is 5.16. The van der Waals surface area contributed by atoms with Gasteiger partial charge in [-0.1, -0.05) is 24.3 Å². The summed E-state index contributed by atoms with van der Waals surface area (Å²) in [6, 6.07) is 13.0. The summed E-state index contributed by atoms with van der Waals surface area (Å²) in [4.78, 5) is 3.32. The average molecular weight is 183 g/mol. The number of hydrogen-bond donors (Lipinski definition) is 1. The second-order valence-electron chi connectivity index (χ2n) is 3.92. The van der Waals surface area contributed by atoms with Gasteiger partial charge in [0.05, 0.1) is 0 Å². The molecule has 1 N–H and O–H groups in total. The van der Waals surface area contributed by atoms with Crippen molar-refractivity contribution >= 4 is 0 Å². The molecule has 0 fully saturated rings. The third-order valence-electron chi connectivity index (χ3n) is 3.13. The van der Waals surface area contributed by atoms with Crippen molar-refractivity contribution in [2.75, 3.05) is 0 Å². The van der Waals surface area contributed by atoms with Crippen molar-refractivity contribution in [3.8, 4) is 0 Å². The Balaban J connectivity index is 2.06. The summed E-state index contributed by atoms with van der Waals surface area (Å²) in [6.07, 6.45) is 4.48. The fourth-order valence-electron chi connectivity index (χ4n) is 2.44. The van der Waals surface area contributed by atoms with Crippen LogP contribution in [0.25, 0.3) is 0 Å². The first kappa shape index (κ1) is 7.86. The van der Waals surface area contributed by atoms with E-state index in [1.165, 1.54) is 29.7 Å². The van der Waals surface area contributed by atoms with E-state index in [1.54, 1.807) is 0 Å². The predicted octanol–water partition coefficient (Wildman–Crippen LogP) is 3.09. The minimum atomic E-state index is 0.598. The standard InChI is InChI=1S/C13H13N/c1-2-5-11-10(4-1)7-8-12(11)13-6-3-9-14-13/h1-6,9,12,14H,7-8H2. The molecule has 1 aromatic carbocycles. The second-order valence-corrected chi connectivity index (χ2v) is 3.92. The number of hydrogen-bond acceptors (Lipinski definition) is 0. The van der Waals surface area contributed by atoms with Gasteiger partial charge in [0, 0.05) is 17.8 Å². The van der Waals surface area contributed by atoms with Gasteiger partial charge in [0.1, 0.15) is 0 Å². The zero-order valence-electron chi connectivity index (χ0n) is 8.03. The van der Waals surface area contributed by atoms with E-state index in [2.05, 4.69) is 41.4 Å². The van der Waals surface area contributed by atoms with Crippen LogP contribution in [-0.4, -0.2) is 4.98 Å². The highest BCUT2D eigenvalue weighted by molar-refractivity contribution is 5.39. The van der Waals surface area contributed by atoms with Gasteiger partial charge in [-0.25, -0.2) is 0 Å². The maximum absolute atomic E-state index is 3.32. The molecule has 0 bridgehead atoms. The van der Waals surface area contributed by atoms with E-state index in [4.69, 9.17) is 0 Å². The number of H-pyrrole nitrogens is 1. The summed E-state index contributed by atoms with van der Waals surface area (Å²) in [5, 5.41) is 0. The SMILES string of the molecule is c1c[nH]c(C2CCc3ccccc32)c1. The lowest BCUT2D eigenvalue weighted by Gasteiger charge is -2.08. The summed E-state index contributed by atoms with van der Waals surface area (Å²) in [7, 11) is 0. The zero-order valence-corrected chi connectivity index (χ0v) is 8.03. The first-order chi connectivity index (χ1) is 6.95. The van der Waals surface area contributed by atoms with Crippen LogP contribution in [0.4, 0.5) is 0 Å². The van der Waals surface area contributed by atoms with E-state index in [0.29, 0.717) is 5.92 Å². The van der Waals surface area contributed by atoms with Gasteiger partial charge >= 0.3 is 0 Å². The molecule has 70 valence electrons. The highest BCUT2D eigenvalue weighted by Gasteiger charge is 2.23. The summed E-state index contributed by atoms with van der Waals surface area (Å²) in [5.41, 5.74) is 4.39. The Morgan fingerprint density at radius 1 is 1.07 bits per heavy atom. The van der Waals surface area contributed by atoms with Gasteiger partial charge in [0.25, 0.3) is 0 Å². The lowest BCUT2D eigenvalue weighted by atomic mass is 9.98. The van der Waals surface area contributed by atoms with E-state index in [1.807, 2.05) is 6.20 Å². The largest absolute Gasteiger partial charge is 0.364 e. The second kappa shape index (κ2) is 3.02. The summed E-state index contributed by atoms with van der Waals surface area (Å²) >= 11 is 0. The molecule has 1 atom stereocenters. The Hall–Kier alpha value is -1.50. The van der Waals surface area contributed by atoms with Gasteiger partial charge in [-0.05, 0) is 36.1 Å². The van der Waals surface area contributed by atoms with Crippen molar-refractivity contribution in [3.63, 3.8) is 0 Å². The third-order valence-corrected chi connectivity index (χ3v) is 3.13. The number of aryl methyl sites for hydroxylation is 1. The van der Waals surface area contributed by atoms with Crippen molar-refractivity contribution in [1.82, 2.24) is 4.98 Å². The van der Waals surface area contributed by atoms with Gasteiger partial charge in [-0.2, -0.15) is 0 Å². The van der Waals surface area contributed by atoms with Crippen LogP contribution >= 0.6 is 0 Å². The third kappa shape index (κ3) is 1.09. The number of aromatic amines is 1. The molecular formula is C13H13N. The van der Waals surface area contributed by atoms with Crippen LogP contribution < -0.4 is 0 Å². The molecule has 2 aromatic rings. The Morgan fingerprint density at radius 3 is 2.86 bits per heavy atom. The van der Waals surface area contributed by atoms with Crippen LogP contribution in [0.15, 0.2) is 42.6 Å². The van der Waals surface area contributed by atoms with Gasteiger partial charge in [0.15, 0.2) is 0 Å². The van der Waals surface area contributed by atoms with Crippen molar-refractivity contribution in [1.29, 1.82) is 0 Å². The zero-order chi connectivity index (χ0) is 9.38. The van der Waals surface area contributed by atoms with E-state index in [0.717, 1.165) is 0 Å². The lowest BCUT2D eigenvalue weighted by molar-refractivity contribution is 0.767. The van der Waals surface area contributed by atoms with Crippen LogP contribution in [0, 0.1) is 0 Å². The van der Waals surface area contributed by atoms with Gasteiger partial charge in [-0.3, -0.25) is 0 Å². The number of fused-ring (bicyclic) bond motifs is 1. The molecule has 0 spiro atoms. The molecule has 0 saturated heterocycles. The molecule has 1 nitrogen and oxygen atoms in total. The normalized spacial score (nSPS) is 19.6. The minimum absolute atomic E-state index is 0.598. The van der Waals surface area contributed by atoms with Gasteiger partial charge in [-0.15, -0.1) is 0 Å². The molecule has 0 amide bonds. The van der Waals surface area contributed by atoms with E-state index in [-0.39, 0.29) is 0 Å². The molecule has 3 rings (SSSR count). The molecular weight excluding hydrogens is 170 g/mol. The molecule has 1 heterocycles. The Bertz CT molecular complexity index is 428. The maximum Gasteiger partial charge on any atom is 0.0246 e. The molecule has 0 radical (unpaired) electrons. The van der Waals surface area contributed by atoms with Crippen LogP contribution in [0.3, 0.4) is 0 Å². The average Bonchev–Trinajstić information content (AvgIpc) is 2.85. The monoisotopic (exact) mass is 183 g/mol. The molecule has 1 aromatic heterocycles. The molecule has 1 aliphatic carbocycles. The van der Waals surface area contributed by atoms with Crippen molar-refractivity contribution in [3.05, 3.63) is 59.4 Å². The number of aromatic nitrogens is 1. The topological polar surface area (TPSA) is 15.8 Å². The highest BCUT2D eigenvalue weighted by Crippen LogP contribution is 2.36. The van der Waals surface area contributed by atoms with E-state index >= 15 is 0 Å². The van der Waals surface area contributed by atoms with Crippen LogP contribution in [0.1, 0.15) is 29.2 Å². The molecule has 1 aliphatic rings. The molecule has 1 heteroatoms. The molecule has 14 heavy (non-hydrogen) atoms. The Labute approximate surface area is 83.8 Å². The van der Waals surface area contributed by atoms with Crippen LogP contribution in [0.5, 0.6) is 0 Å². The molecule has 0 aliphatic heterocycles. The van der Waals surface area contributed by atoms with Gasteiger partial charge < -0.3 is 4.98 Å². The smallest absolute Gasteiger partial charge is 0.0246 e. The Kier molecular flexibility index (Phi) is 1.69. The van der Waals surface area contributed by atoms with Crippen molar-refractivity contribution < 1.29 is 0 Å². The Morgan fingerprint density at radius 2 is 2.00 bits per heavy atom. The maximum atomic E-state index is 3.32. The summed E-state index contributed by atoms with van der Waals surface area (Å²) < 4.78 is 0. The van der Waals surface area contributed by atoms with E-state index in [9.17, 15) is 0 Å².